The number of aromatic nitrogens is 2. The number of alkyl halides is 2. The Labute approximate surface area is 183 Å². The van der Waals surface area contributed by atoms with Crippen molar-refractivity contribution in [2.45, 2.75) is 57.9 Å². The van der Waals surface area contributed by atoms with Crippen molar-refractivity contribution in [1.82, 2.24) is 14.5 Å². The van der Waals surface area contributed by atoms with Gasteiger partial charge < -0.3 is 15.2 Å². The average molecular weight is 445 g/mol. The molecule has 1 fully saturated rings. The minimum Gasteiger partial charge on any atom is -0.435 e. The topological polar surface area (TPSA) is 85.5 Å². The van der Waals surface area contributed by atoms with Crippen LogP contribution < -0.4 is 15.7 Å². The van der Waals surface area contributed by atoms with E-state index in [1.54, 1.807) is 28.8 Å². The van der Waals surface area contributed by atoms with Crippen molar-refractivity contribution in [3.8, 4) is 11.4 Å². The molecule has 2 aromatic carbocycles. The van der Waals surface area contributed by atoms with Gasteiger partial charge in [-0.15, -0.1) is 0 Å². The Morgan fingerprint density at radius 1 is 1.16 bits per heavy atom. The van der Waals surface area contributed by atoms with Crippen LogP contribution in [0.5, 0.6) is 5.75 Å². The number of nitrogens with one attached hydrogen (secondary N) is 1. The van der Waals surface area contributed by atoms with Crippen LogP contribution >= 0.6 is 0 Å². The monoisotopic (exact) mass is 445 g/mol. The number of nitrogens with zero attached hydrogens (tertiary/aromatic N) is 2. The molecule has 0 aliphatic heterocycles. The molecule has 32 heavy (non-hydrogen) atoms. The van der Waals surface area contributed by atoms with E-state index in [0.29, 0.717) is 28.7 Å². The molecule has 1 aliphatic rings. The van der Waals surface area contributed by atoms with E-state index in [-0.39, 0.29) is 29.4 Å². The molecule has 1 saturated carbocycles. The maximum atomic E-state index is 13.3. The van der Waals surface area contributed by atoms with E-state index < -0.39 is 12.7 Å². The molecule has 0 bridgehead atoms. The van der Waals surface area contributed by atoms with Crippen molar-refractivity contribution in [3.63, 3.8) is 0 Å². The summed E-state index contributed by atoms with van der Waals surface area (Å²) in [6, 6.07) is 10.4. The van der Waals surface area contributed by atoms with E-state index in [4.69, 9.17) is 0 Å². The van der Waals surface area contributed by atoms with Gasteiger partial charge in [0, 0.05) is 17.7 Å². The first-order valence-electron chi connectivity index (χ1n) is 10.6. The zero-order valence-corrected chi connectivity index (χ0v) is 17.8. The molecule has 1 amide bonds. The van der Waals surface area contributed by atoms with Crippen LogP contribution in [0, 0.1) is 0 Å². The number of amides is 1. The summed E-state index contributed by atoms with van der Waals surface area (Å²) in [7, 11) is 0. The van der Waals surface area contributed by atoms with Crippen molar-refractivity contribution in [1.29, 1.82) is 0 Å². The summed E-state index contributed by atoms with van der Waals surface area (Å²) in [6.07, 6.45) is 1.68. The maximum Gasteiger partial charge on any atom is 0.387 e. The van der Waals surface area contributed by atoms with Gasteiger partial charge in [0.15, 0.2) is 0 Å². The third-order valence-corrected chi connectivity index (χ3v) is 5.75. The quantitative estimate of drug-likeness (QED) is 0.607. The fraction of sp³-hybridized carbons (Fsp3) is 0.391. The van der Waals surface area contributed by atoms with E-state index >= 15 is 0 Å². The first-order chi connectivity index (χ1) is 15.3. The maximum absolute atomic E-state index is 13.3. The number of hydrogen-bond donors (Lipinski definition) is 2. The van der Waals surface area contributed by atoms with Gasteiger partial charge in [0.25, 0.3) is 5.91 Å². The first kappa shape index (κ1) is 22.0. The van der Waals surface area contributed by atoms with E-state index in [9.17, 15) is 23.5 Å². The van der Waals surface area contributed by atoms with Gasteiger partial charge in [-0.2, -0.15) is 8.78 Å². The third-order valence-electron chi connectivity index (χ3n) is 5.75. The van der Waals surface area contributed by atoms with Crippen LogP contribution in [0.15, 0.2) is 47.3 Å². The fourth-order valence-corrected chi connectivity index (χ4v) is 4.27. The van der Waals surface area contributed by atoms with Crippen molar-refractivity contribution < 1.29 is 23.4 Å². The predicted molar refractivity (Wildman–Crippen MR) is 116 cm³/mol. The summed E-state index contributed by atoms with van der Waals surface area (Å²) < 4.78 is 32.7. The number of benzene rings is 2. The molecule has 9 heteroatoms. The smallest absolute Gasteiger partial charge is 0.387 e. The number of aliphatic hydroxyl groups is 1. The van der Waals surface area contributed by atoms with Crippen LogP contribution in [0.3, 0.4) is 0 Å². The molecule has 7 nitrogen and oxygen atoms in total. The molecule has 0 radical (unpaired) electrons. The van der Waals surface area contributed by atoms with Gasteiger partial charge in [-0.1, -0.05) is 6.07 Å². The molecule has 1 aromatic heterocycles. The minimum absolute atomic E-state index is 0.0547. The number of imidazole rings is 1. The average Bonchev–Trinajstić information content (AvgIpc) is 3.26. The second-order valence-corrected chi connectivity index (χ2v) is 8.24. The summed E-state index contributed by atoms with van der Waals surface area (Å²) in [5.41, 5.74) is 1.48. The Morgan fingerprint density at radius 3 is 2.59 bits per heavy atom. The van der Waals surface area contributed by atoms with E-state index in [2.05, 4.69) is 10.1 Å². The number of halogens is 2. The molecule has 4 rings (SSSR count). The lowest BCUT2D eigenvalue weighted by molar-refractivity contribution is -0.0498. The number of carbonyl (C=O) groups excluding carboxylic acids is 1. The Balaban J connectivity index is 1.78. The predicted octanol–water partition coefficient (Wildman–Crippen LogP) is 3.62. The number of aliphatic hydroxyl groups excluding tert-OH is 1. The summed E-state index contributed by atoms with van der Waals surface area (Å²) in [6.45, 7) is 0.727. The Hall–Kier alpha value is -3.20. The molecule has 1 aliphatic carbocycles. The van der Waals surface area contributed by atoms with Crippen LogP contribution in [0.4, 0.5) is 8.78 Å². The van der Waals surface area contributed by atoms with Gasteiger partial charge in [0.1, 0.15) is 5.75 Å². The fourth-order valence-electron chi connectivity index (χ4n) is 4.27. The standard InChI is InChI=1S/C23H25F2N3O4/c1-13(2)27-19-11-14(21(30)26-17-7-4-8-20(17)29)9-10-18(19)28(23(27)31)15-5-3-6-16(12-15)32-22(24)25/h3,5-6,9-13,17,20,22,29H,4,7-8H2,1-2H3,(H,26,30)/t17-,20-/m0/s1. The van der Waals surface area contributed by atoms with Gasteiger partial charge in [0.2, 0.25) is 0 Å². The van der Waals surface area contributed by atoms with Crippen LogP contribution in [0.1, 0.15) is 49.5 Å². The van der Waals surface area contributed by atoms with Crippen molar-refractivity contribution in [2.24, 2.45) is 0 Å². The lowest BCUT2D eigenvalue weighted by Gasteiger charge is -2.16. The number of rotatable bonds is 6. The third kappa shape index (κ3) is 4.12. The molecular weight excluding hydrogens is 420 g/mol. The summed E-state index contributed by atoms with van der Waals surface area (Å²) in [4.78, 5) is 26.0. The molecule has 2 N–H and O–H groups in total. The second-order valence-electron chi connectivity index (χ2n) is 8.24. The Bertz CT molecular complexity index is 1200. The zero-order valence-electron chi connectivity index (χ0n) is 17.8. The summed E-state index contributed by atoms with van der Waals surface area (Å²) in [5, 5.41) is 12.9. The number of fused-ring (bicyclic) bond motifs is 1. The summed E-state index contributed by atoms with van der Waals surface area (Å²) >= 11 is 0. The molecule has 1 heterocycles. The molecule has 0 unspecified atom stereocenters. The highest BCUT2D eigenvalue weighted by Gasteiger charge is 2.27. The van der Waals surface area contributed by atoms with Gasteiger partial charge >= 0.3 is 12.3 Å². The van der Waals surface area contributed by atoms with Gasteiger partial charge in [0.05, 0.1) is 28.9 Å². The summed E-state index contributed by atoms with van der Waals surface area (Å²) in [5.74, 6) is -0.373. The van der Waals surface area contributed by atoms with E-state index in [0.717, 1.165) is 12.8 Å². The lowest BCUT2D eigenvalue weighted by Crippen LogP contribution is -2.39. The van der Waals surface area contributed by atoms with Crippen LogP contribution in [-0.2, 0) is 0 Å². The SMILES string of the molecule is CC(C)n1c(=O)n(-c2cccc(OC(F)F)c2)c2ccc(C(=O)N[C@H]3CCC[C@@H]3O)cc21. The van der Waals surface area contributed by atoms with Gasteiger partial charge in [-0.3, -0.25) is 13.9 Å². The highest BCUT2D eigenvalue weighted by Crippen LogP contribution is 2.25. The van der Waals surface area contributed by atoms with E-state index in [1.807, 2.05) is 13.8 Å². The van der Waals surface area contributed by atoms with E-state index in [1.165, 1.54) is 22.8 Å². The molecule has 3 aromatic rings. The largest absolute Gasteiger partial charge is 0.435 e. The minimum atomic E-state index is -2.97. The first-order valence-corrected chi connectivity index (χ1v) is 10.6. The van der Waals surface area contributed by atoms with Crippen LogP contribution in [-0.4, -0.2) is 38.9 Å². The molecule has 170 valence electrons. The van der Waals surface area contributed by atoms with Crippen LogP contribution in [0.25, 0.3) is 16.7 Å². The second kappa shape index (κ2) is 8.74. The molecule has 0 saturated heterocycles. The molecular formula is C23H25F2N3O4. The highest BCUT2D eigenvalue weighted by molar-refractivity contribution is 5.98. The number of ether oxygens (including phenoxy) is 1. The molecule has 2 atom stereocenters. The Kier molecular flexibility index (Phi) is 6.01. The Morgan fingerprint density at radius 2 is 1.94 bits per heavy atom. The van der Waals surface area contributed by atoms with Gasteiger partial charge in [-0.25, -0.2) is 4.79 Å². The van der Waals surface area contributed by atoms with Crippen molar-refractivity contribution >= 4 is 16.9 Å². The van der Waals surface area contributed by atoms with Gasteiger partial charge in [-0.05, 0) is 63.4 Å². The van der Waals surface area contributed by atoms with Crippen molar-refractivity contribution in [2.75, 3.05) is 0 Å². The normalized spacial score (nSPS) is 18.6. The lowest BCUT2D eigenvalue weighted by atomic mass is 10.1. The van der Waals surface area contributed by atoms with Crippen molar-refractivity contribution in [3.05, 3.63) is 58.5 Å². The number of hydrogen-bond acceptors (Lipinski definition) is 4. The number of carbonyl (C=O) groups is 1. The highest BCUT2D eigenvalue weighted by atomic mass is 19.3. The molecule has 0 spiro atoms. The van der Waals surface area contributed by atoms with Crippen LogP contribution in [0.2, 0.25) is 0 Å². The zero-order chi connectivity index (χ0) is 23.0.